The Morgan fingerprint density at radius 2 is 1.12 bits per heavy atom. The van der Waals surface area contributed by atoms with Crippen LogP contribution in [0.3, 0.4) is 0 Å². The van der Waals surface area contributed by atoms with Gasteiger partial charge in [-0.15, -0.1) is 0 Å². The minimum absolute atomic E-state index is 0.0398. The number of alkyl halides is 5. The van der Waals surface area contributed by atoms with Crippen molar-refractivity contribution in [2.45, 2.75) is 12.3 Å². The summed E-state index contributed by atoms with van der Waals surface area (Å²) in [6.07, 6.45) is -9.50. The largest absolute Gasteiger partial charge is 0.432 e. The zero-order chi connectivity index (χ0) is 31.9. The van der Waals surface area contributed by atoms with Gasteiger partial charge in [-0.3, -0.25) is 0 Å². The molecular formula is C30H14F12O. The second-order valence-electron chi connectivity index (χ2n) is 8.83. The predicted octanol–water partition coefficient (Wildman–Crippen LogP) is 10.7. The van der Waals surface area contributed by atoms with E-state index >= 15 is 0 Å². The van der Waals surface area contributed by atoms with Crippen molar-refractivity contribution >= 4 is 5.83 Å². The van der Waals surface area contributed by atoms with Crippen LogP contribution in [0.2, 0.25) is 0 Å². The number of hydrogen-bond acceptors (Lipinski definition) is 1. The van der Waals surface area contributed by atoms with E-state index in [2.05, 4.69) is 11.3 Å². The molecule has 224 valence electrons. The molecule has 0 aliphatic rings. The van der Waals surface area contributed by atoms with Gasteiger partial charge in [0.1, 0.15) is 46.0 Å². The summed E-state index contributed by atoms with van der Waals surface area (Å²) < 4.78 is 172. The summed E-state index contributed by atoms with van der Waals surface area (Å²) in [5.74, 6) is -12.7. The second kappa shape index (κ2) is 11.5. The zero-order valence-corrected chi connectivity index (χ0v) is 21.1. The fourth-order valence-corrected chi connectivity index (χ4v) is 4.05. The Morgan fingerprint density at radius 1 is 0.605 bits per heavy atom. The molecule has 0 saturated heterocycles. The van der Waals surface area contributed by atoms with Crippen LogP contribution in [0.15, 0.2) is 85.2 Å². The first-order valence-corrected chi connectivity index (χ1v) is 11.7. The average Bonchev–Trinajstić information content (AvgIpc) is 2.90. The standard InChI is InChI=1S/C30H14F12O/c1-2-20(31)28(37)15-5-3-14(4-6-15)16-9-24(35)27(25(36)10-16)30(41,42)43-18-7-8-19(21(32)13-18)17-11-22(33)26(23(34)12-17)29(38,39)40/h2-13H,1H2/b28-20+. The number of halogens is 12. The van der Waals surface area contributed by atoms with Gasteiger partial charge in [-0.05, 0) is 59.2 Å². The molecule has 0 atom stereocenters. The Hall–Kier alpha value is -4.68. The van der Waals surface area contributed by atoms with E-state index in [1.54, 1.807) is 0 Å². The highest BCUT2D eigenvalue weighted by Gasteiger charge is 2.42. The third-order valence-corrected chi connectivity index (χ3v) is 6.02. The summed E-state index contributed by atoms with van der Waals surface area (Å²) in [6, 6.07) is 7.39. The van der Waals surface area contributed by atoms with Gasteiger partial charge in [0.2, 0.25) is 0 Å². The highest BCUT2D eigenvalue weighted by molar-refractivity contribution is 5.70. The van der Waals surface area contributed by atoms with Crippen LogP contribution >= 0.6 is 0 Å². The van der Waals surface area contributed by atoms with E-state index in [4.69, 9.17) is 0 Å². The Morgan fingerprint density at radius 3 is 1.60 bits per heavy atom. The first kappa shape index (κ1) is 31.3. The minimum atomic E-state index is -5.38. The van der Waals surface area contributed by atoms with Gasteiger partial charge in [0, 0.05) is 17.2 Å². The van der Waals surface area contributed by atoms with Crippen molar-refractivity contribution < 1.29 is 57.4 Å². The number of ether oxygens (including phenoxy) is 1. The highest BCUT2D eigenvalue weighted by Crippen LogP contribution is 2.40. The van der Waals surface area contributed by atoms with E-state index in [0.717, 1.165) is 24.3 Å². The quantitative estimate of drug-likeness (QED) is 0.148. The van der Waals surface area contributed by atoms with Gasteiger partial charge >= 0.3 is 12.3 Å². The monoisotopic (exact) mass is 618 g/mol. The molecule has 0 saturated carbocycles. The van der Waals surface area contributed by atoms with Crippen LogP contribution in [0.5, 0.6) is 5.75 Å². The molecule has 0 unspecified atom stereocenters. The normalized spacial score (nSPS) is 12.7. The van der Waals surface area contributed by atoms with E-state index in [0.29, 0.717) is 30.3 Å². The van der Waals surface area contributed by atoms with Crippen LogP contribution in [0.25, 0.3) is 28.1 Å². The first-order valence-electron chi connectivity index (χ1n) is 11.7. The maximum Gasteiger partial charge on any atom is 0.432 e. The summed E-state index contributed by atoms with van der Waals surface area (Å²) in [6.45, 7) is 3.08. The van der Waals surface area contributed by atoms with Crippen molar-refractivity contribution in [2.24, 2.45) is 0 Å². The fraction of sp³-hybridized carbons (Fsp3) is 0.0667. The summed E-state index contributed by atoms with van der Waals surface area (Å²) >= 11 is 0. The Balaban J connectivity index is 1.61. The first-order chi connectivity index (χ1) is 20.0. The Kier molecular flexibility index (Phi) is 8.39. The molecule has 0 bridgehead atoms. The summed E-state index contributed by atoms with van der Waals surface area (Å²) in [5.41, 5.74) is -5.94. The third kappa shape index (κ3) is 6.40. The van der Waals surface area contributed by atoms with E-state index in [1.807, 2.05) is 0 Å². The number of allylic oxidation sites excluding steroid dienone is 2. The van der Waals surface area contributed by atoms with Gasteiger partial charge in [-0.1, -0.05) is 30.8 Å². The van der Waals surface area contributed by atoms with E-state index < -0.39 is 81.0 Å². The van der Waals surface area contributed by atoms with Crippen molar-refractivity contribution in [3.63, 3.8) is 0 Å². The van der Waals surface area contributed by atoms with Crippen molar-refractivity contribution in [3.8, 4) is 28.0 Å². The van der Waals surface area contributed by atoms with E-state index in [1.165, 1.54) is 0 Å². The summed E-state index contributed by atoms with van der Waals surface area (Å²) in [5, 5.41) is 0. The SMILES string of the molecule is C=C/C(F)=C(\F)c1ccc(-c2cc(F)c(C(F)(F)Oc3ccc(-c4cc(F)c(C(F)(F)F)c(F)c4)c(F)c3)c(F)c2)cc1. The van der Waals surface area contributed by atoms with Gasteiger partial charge < -0.3 is 4.74 Å². The van der Waals surface area contributed by atoms with Crippen LogP contribution in [0, 0.1) is 29.1 Å². The molecule has 43 heavy (non-hydrogen) atoms. The molecule has 0 amide bonds. The fourth-order valence-electron chi connectivity index (χ4n) is 4.05. The lowest BCUT2D eigenvalue weighted by atomic mass is 10.0. The van der Waals surface area contributed by atoms with Gasteiger partial charge in [0.25, 0.3) is 0 Å². The molecule has 1 nitrogen and oxygen atoms in total. The van der Waals surface area contributed by atoms with Gasteiger partial charge in [0.15, 0.2) is 11.7 Å². The van der Waals surface area contributed by atoms with E-state index in [-0.39, 0.29) is 34.9 Å². The molecule has 0 radical (unpaired) electrons. The molecule has 0 aliphatic carbocycles. The van der Waals surface area contributed by atoms with Gasteiger partial charge in [0.05, 0.1) is 0 Å². The highest BCUT2D eigenvalue weighted by atomic mass is 19.4. The molecule has 0 N–H and O–H groups in total. The molecule has 4 aromatic rings. The summed E-state index contributed by atoms with van der Waals surface area (Å²) in [7, 11) is 0. The molecule has 0 aromatic heterocycles. The second-order valence-corrected chi connectivity index (χ2v) is 8.83. The maximum atomic E-state index is 14.8. The lowest BCUT2D eigenvalue weighted by molar-refractivity contribution is -0.189. The van der Waals surface area contributed by atoms with Gasteiger partial charge in [-0.2, -0.15) is 22.0 Å². The number of hydrogen-bond donors (Lipinski definition) is 0. The molecule has 0 spiro atoms. The molecule has 13 heteroatoms. The molecule has 4 aromatic carbocycles. The van der Waals surface area contributed by atoms with Crippen LogP contribution in [-0.4, -0.2) is 0 Å². The lowest BCUT2D eigenvalue weighted by Gasteiger charge is -2.20. The molecule has 0 heterocycles. The van der Waals surface area contributed by atoms with E-state index in [9.17, 15) is 52.7 Å². The number of rotatable bonds is 7. The molecular weight excluding hydrogens is 604 g/mol. The minimum Gasteiger partial charge on any atom is -0.429 e. The Labute approximate surface area is 235 Å². The maximum absolute atomic E-state index is 14.8. The van der Waals surface area contributed by atoms with Crippen molar-refractivity contribution in [1.29, 1.82) is 0 Å². The number of benzene rings is 4. The smallest absolute Gasteiger partial charge is 0.429 e. The predicted molar refractivity (Wildman–Crippen MR) is 132 cm³/mol. The molecule has 0 aliphatic heterocycles. The lowest BCUT2D eigenvalue weighted by Crippen LogP contribution is -2.25. The van der Waals surface area contributed by atoms with Crippen molar-refractivity contribution in [3.05, 3.63) is 131 Å². The van der Waals surface area contributed by atoms with Crippen molar-refractivity contribution in [2.75, 3.05) is 0 Å². The summed E-state index contributed by atoms with van der Waals surface area (Å²) in [4.78, 5) is 0. The third-order valence-electron chi connectivity index (χ3n) is 6.02. The van der Waals surface area contributed by atoms with Crippen molar-refractivity contribution in [1.82, 2.24) is 0 Å². The Bertz CT molecular complexity index is 1690. The van der Waals surface area contributed by atoms with Crippen LogP contribution < -0.4 is 4.74 Å². The zero-order valence-electron chi connectivity index (χ0n) is 21.1. The molecule has 4 rings (SSSR count). The van der Waals surface area contributed by atoms with Crippen LogP contribution in [0.1, 0.15) is 16.7 Å². The average molecular weight is 618 g/mol. The van der Waals surface area contributed by atoms with Gasteiger partial charge in [-0.25, -0.2) is 30.7 Å². The van der Waals surface area contributed by atoms with Crippen LogP contribution in [0.4, 0.5) is 52.7 Å². The van der Waals surface area contributed by atoms with Crippen LogP contribution in [-0.2, 0) is 12.3 Å². The molecule has 0 fully saturated rings. The topological polar surface area (TPSA) is 9.23 Å².